The molecule has 2 aromatic rings. The predicted octanol–water partition coefficient (Wildman–Crippen LogP) is 1.87. The standard InChI is InChI=1S/C16H19N3O3/c1-11(8-9-12-5-4-10-19(12)2)17-15(20)13-6-3-7-14(18-13)16(21)22/h3-7,10-11H,8-9H2,1-2H3,(H,17,20)(H,21,22)/t11-/m0/s1. The molecule has 2 aromatic heterocycles. The van der Waals surface area contributed by atoms with Gasteiger partial charge in [-0.1, -0.05) is 6.07 Å². The lowest BCUT2D eigenvalue weighted by Gasteiger charge is -2.14. The summed E-state index contributed by atoms with van der Waals surface area (Å²) in [5, 5.41) is 11.7. The number of nitrogens with zero attached hydrogens (tertiary/aromatic N) is 2. The first-order valence-electron chi connectivity index (χ1n) is 7.09. The van der Waals surface area contributed by atoms with Crippen LogP contribution >= 0.6 is 0 Å². The van der Waals surface area contributed by atoms with Gasteiger partial charge < -0.3 is 15.0 Å². The van der Waals surface area contributed by atoms with Crippen molar-refractivity contribution in [2.75, 3.05) is 0 Å². The van der Waals surface area contributed by atoms with Crippen LogP contribution in [0.15, 0.2) is 36.5 Å². The number of amides is 1. The van der Waals surface area contributed by atoms with Gasteiger partial charge in [0, 0.05) is 25.0 Å². The summed E-state index contributed by atoms with van der Waals surface area (Å²) in [6, 6.07) is 8.38. The number of nitrogens with one attached hydrogen (secondary N) is 1. The van der Waals surface area contributed by atoms with Crippen molar-refractivity contribution >= 4 is 11.9 Å². The van der Waals surface area contributed by atoms with E-state index in [1.165, 1.54) is 23.9 Å². The Bertz CT molecular complexity index is 679. The summed E-state index contributed by atoms with van der Waals surface area (Å²) in [5.41, 5.74) is 1.18. The maximum atomic E-state index is 12.1. The third-order valence-electron chi connectivity index (χ3n) is 3.46. The zero-order chi connectivity index (χ0) is 16.1. The summed E-state index contributed by atoms with van der Waals surface area (Å²) < 4.78 is 2.05. The number of hydrogen-bond donors (Lipinski definition) is 2. The van der Waals surface area contributed by atoms with Crippen LogP contribution in [0.2, 0.25) is 0 Å². The van der Waals surface area contributed by atoms with Crippen molar-refractivity contribution in [2.45, 2.75) is 25.8 Å². The van der Waals surface area contributed by atoms with Crippen molar-refractivity contribution in [3.05, 3.63) is 53.6 Å². The van der Waals surface area contributed by atoms with Gasteiger partial charge in [0.25, 0.3) is 5.91 Å². The highest BCUT2D eigenvalue weighted by Crippen LogP contribution is 2.06. The summed E-state index contributed by atoms with van der Waals surface area (Å²) in [4.78, 5) is 26.8. The molecular weight excluding hydrogens is 282 g/mol. The molecule has 22 heavy (non-hydrogen) atoms. The van der Waals surface area contributed by atoms with Gasteiger partial charge in [-0.3, -0.25) is 4.79 Å². The second-order valence-corrected chi connectivity index (χ2v) is 5.24. The second-order valence-electron chi connectivity index (χ2n) is 5.24. The summed E-state index contributed by atoms with van der Waals surface area (Å²) in [6.45, 7) is 1.92. The monoisotopic (exact) mass is 301 g/mol. The van der Waals surface area contributed by atoms with Crippen LogP contribution in [0, 0.1) is 0 Å². The van der Waals surface area contributed by atoms with Crippen LogP contribution in [0.5, 0.6) is 0 Å². The zero-order valence-corrected chi connectivity index (χ0v) is 12.6. The van der Waals surface area contributed by atoms with Crippen molar-refractivity contribution in [2.24, 2.45) is 7.05 Å². The molecule has 0 fully saturated rings. The SMILES string of the molecule is C[C@@H](CCc1cccn1C)NC(=O)c1cccc(C(=O)O)n1. The highest BCUT2D eigenvalue weighted by molar-refractivity contribution is 5.94. The van der Waals surface area contributed by atoms with Gasteiger partial charge in [0.1, 0.15) is 11.4 Å². The molecule has 0 saturated heterocycles. The van der Waals surface area contributed by atoms with E-state index in [-0.39, 0.29) is 23.3 Å². The largest absolute Gasteiger partial charge is 0.477 e. The minimum atomic E-state index is -1.15. The molecule has 0 aliphatic rings. The number of carbonyl (C=O) groups excluding carboxylic acids is 1. The van der Waals surface area contributed by atoms with Gasteiger partial charge in [-0.05, 0) is 44.0 Å². The van der Waals surface area contributed by atoms with Crippen LogP contribution < -0.4 is 5.32 Å². The summed E-state index contributed by atoms with van der Waals surface area (Å²) in [6.07, 6.45) is 3.63. The number of aromatic nitrogens is 2. The van der Waals surface area contributed by atoms with E-state index in [0.717, 1.165) is 12.8 Å². The topological polar surface area (TPSA) is 84.2 Å². The van der Waals surface area contributed by atoms with Gasteiger partial charge in [0.05, 0.1) is 0 Å². The van der Waals surface area contributed by atoms with E-state index in [0.29, 0.717) is 0 Å². The summed E-state index contributed by atoms with van der Waals surface area (Å²) in [5.74, 6) is -1.51. The first-order chi connectivity index (χ1) is 10.5. The fraction of sp³-hybridized carbons (Fsp3) is 0.312. The quantitative estimate of drug-likeness (QED) is 0.853. The zero-order valence-electron chi connectivity index (χ0n) is 12.6. The number of hydrogen-bond acceptors (Lipinski definition) is 3. The van der Waals surface area contributed by atoms with E-state index in [1.807, 2.05) is 36.9 Å². The lowest BCUT2D eigenvalue weighted by Crippen LogP contribution is -2.33. The highest BCUT2D eigenvalue weighted by atomic mass is 16.4. The Morgan fingerprint density at radius 2 is 2.00 bits per heavy atom. The van der Waals surface area contributed by atoms with Crippen LogP contribution in [0.3, 0.4) is 0 Å². The number of pyridine rings is 1. The van der Waals surface area contributed by atoms with Crippen molar-refractivity contribution in [1.82, 2.24) is 14.9 Å². The maximum absolute atomic E-state index is 12.1. The third-order valence-corrected chi connectivity index (χ3v) is 3.46. The molecule has 6 heteroatoms. The summed E-state index contributed by atoms with van der Waals surface area (Å²) in [7, 11) is 1.99. The van der Waals surface area contributed by atoms with Crippen LogP contribution in [0.4, 0.5) is 0 Å². The maximum Gasteiger partial charge on any atom is 0.354 e. The normalized spacial score (nSPS) is 11.9. The van der Waals surface area contributed by atoms with Crippen LogP contribution in [0.25, 0.3) is 0 Å². The molecule has 1 amide bonds. The minimum Gasteiger partial charge on any atom is -0.477 e. The second kappa shape index (κ2) is 6.89. The molecule has 2 rings (SSSR count). The molecule has 0 radical (unpaired) electrons. The van der Waals surface area contributed by atoms with Gasteiger partial charge in [-0.15, -0.1) is 0 Å². The van der Waals surface area contributed by atoms with Crippen LogP contribution in [-0.2, 0) is 13.5 Å². The summed E-state index contributed by atoms with van der Waals surface area (Å²) >= 11 is 0. The number of aryl methyl sites for hydroxylation is 2. The molecule has 0 aliphatic heterocycles. The van der Waals surface area contributed by atoms with Crippen molar-refractivity contribution in [3.63, 3.8) is 0 Å². The van der Waals surface area contributed by atoms with Crippen molar-refractivity contribution in [3.8, 4) is 0 Å². The molecular formula is C16H19N3O3. The first kappa shape index (κ1) is 15.8. The smallest absolute Gasteiger partial charge is 0.354 e. The Kier molecular flexibility index (Phi) is 4.93. The number of rotatable bonds is 6. The van der Waals surface area contributed by atoms with Crippen molar-refractivity contribution in [1.29, 1.82) is 0 Å². The van der Waals surface area contributed by atoms with Crippen LogP contribution in [-0.4, -0.2) is 32.6 Å². The number of carboxylic acids is 1. The van der Waals surface area contributed by atoms with Gasteiger partial charge >= 0.3 is 5.97 Å². The highest BCUT2D eigenvalue weighted by Gasteiger charge is 2.14. The number of aromatic carboxylic acids is 1. The fourth-order valence-corrected chi connectivity index (χ4v) is 2.17. The number of carbonyl (C=O) groups is 2. The van der Waals surface area contributed by atoms with Gasteiger partial charge in [-0.2, -0.15) is 0 Å². The average molecular weight is 301 g/mol. The Morgan fingerprint density at radius 1 is 1.27 bits per heavy atom. The molecule has 0 bridgehead atoms. The van der Waals surface area contributed by atoms with E-state index in [4.69, 9.17) is 5.11 Å². The molecule has 0 aromatic carbocycles. The molecule has 116 valence electrons. The fourth-order valence-electron chi connectivity index (χ4n) is 2.17. The lowest BCUT2D eigenvalue weighted by molar-refractivity contribution is 0.0690. The molecule has 1 atom stereocenters. The minimum absolute atomic E-state index is 0.0299. The van der Waals surface area contributed by atoms with E-state index in [1.54, 1.807) is 0 Å². The van der Waals surface area contributed by atoms with Crippen LogP contribution in [0.1, 0.15) is 40.0 Å². The third kappa shape index (κ3) is 3.94. The lowest BCUT2D eigenvalue weighted by atomic mass is 10.1. The average Bonchev–Trinajstić information content (AvgIpc) is 2.90. The molecule has 0 spiro atoms. The van der Waals surface area contributed by atoms with E-state index in [2.05, 4.69) is 10.3 Å². The Hall–Kier alpha value is -2.63. The Morgan fingerprint density at radius 3 is 2.64 bits per heavy atom. The van der Waals surface area contributed by atoms with Gasteiger partial charge in [0.2, 0.25) is 0 Å². The van der Waals surface area contributed by atoms with E-state index < -0.39 is 5.97 Å². The van der Waals surface area contributed by atoms with Crippen molar-refractivity contribution < 1.29 is 14.7 Å². The number of carboxylic acid groups (broad SMARTS) is 1. The van der Waals surface area contributed by atoms with Gasteiger partial charge in [0.15, 0.2) is 0 Å². The molecule has 6 nitrogen and oxygen atoms in total. The molecule has 0 unspecified atom stereocenters. The molecule has 0 aliphatic carbocycles. The molecule has 0 saturated carbocycles. The van der Waals surface area contributed by atoms with E-state index in [9.17, 15) is 9.59 Å². The first-order valence-corrected chi connectivity index (χ1v) is 7.09. The molecule has 2 heterocycles. The van der Waals surface area contributed by atoms with E-state index >= 15 is 0 Å². The molecule has 2 N–H and O–H groups in total. The van der Waals surface area contributed by atoms with Gasteiger partial charge in [-0.25, -0.2) is 9.78 Å². The Balaban J connectivity index is 1.92. The Labute approximate surface area is 128 Å². The predicted molar refractivity (Wildman–Crippen MR) is 81.9 cm³/mol.